The molecule has 164 valence electrons. The molecule has 1 aromatic heterocycles. The first-order valence-corrected chi connectivity index (χ1v) is 12.6. The summed E-state index contributed by atoms with van der Waals surface area (Å²) in [4.78, 5) is 25.9. The summed E-state index contributed by atoms with van der Waals surface area (Å²) in [5.41, 5.74) is -2.04. The molecule has 0 bridgehead atoms. The van der Waals surface area contributed by atoms with Gasteiger partial charge in [0.15, 0.2) is 5.69 Å². The van der Waals surface area contributed by atoms with Gasteiger partial charge in [-0.1, -0.05) is 19.6 Å². The van der Waals surface area contributed by atoms with E-state index in [1.54, 1.807) is 0 Å². The minimum Gasteiger partial charge on any atom is -0.465 e. The van der Waals surface area contributed by atoms with E-state index < -0.39 is 36.5 Å². The Balaban J connectivity index is 2.47. The van der Waals surface area contributed by atoms with Crippen LogP contribution in [0.2, 0.25) is 25.7 Å². The van der Waals surface area contributed by atoms with E-state index in [1.165, 1.54) is 12.1 Å². The first-order chi connectivity index (χ1) is 13.8. The molecule has 0 saturated carbocycles. The van der Waals surface area contributed by atoms with Crippen LogP contribution < -0.4 is 0 Å². The molecule has 1 heterocycles. The number of carbonyl (C=O) groups is 1. The Kier molecular flexibility index (Phi) is 7.03. The van der Waals surface area contributed by atoms with Crippen LogP contribution in [-0.2, 0) is 22.4 Å². The molecule has 1 aromatic carbocycles. The smallest absolute Gasteiger partial charge is 0.434 e. The van der Waals surface area contributed by atoms with Crippen LogP contribution in [-0.4, -0.2) is 42.2 Å². The summed E-state index contributed by atoms with van der Waals surface area (Å²) in [6.07, 6.45) is -3.99. The molecule has 8 nitrogen and oxygen atoms in total. The molecule has 0 aliphatic rings. The number of carbonyl (C=O) groups excluding carboxylic acids is 1. The lowest BCUT2D eigenvalue weighted by Crippen LogP contribution is -2.22. The maximum absolute atomic E-state index is 13.2. The Hall–Kier alpha value is -2.73. The van der Waals surface area contributed by atoms with Crippen LogP contribution in [0.1, 0.15) is 16.1 Å². The second kappa shape index (κ2) is 8.96. The number of rotatable bonds is 8. The predicted molar refractivity (Wildman–Crippen MR) is 105 cm³/mol. The fraction of sp³-hybridized carbons (Fsp3) is 0.444. The van der Waals surface area contributed by atoms with E-state index in [0.29, 0.717) is 6.61 Å². The topological polar surface area (TPSA) is 96.5 Å². The lowest BCUT2D eigenvalue weighted by Gasteiger charge is -2.16. The van der Waals surface area contributed by atoms with Crippen molar-refractivity contribution in [1.29, 1.82) is 0 Å². The Morgan fingerprint density at radius 3 is 2.50 bits per heavy atom. The predicted octanol–water partition coefficient (Wildman–Crippen LogP) is 4.58. The van der Waals surface area contributed by atoms with Gasteiger partial charge in [-0.25, -0.2) is 9.78 Å². The molecule has 2 rings (SSSR count). The number of halogens is 3. The summed E-state index contributed by atoms with van der Waals surface area (Å²) in [6.45, 7) is 6.49. The van der Waals surface area contributed by atoms with Gasteiger partial charge in [0.1, 0.15) is 12.6 Å². The van der Waals surface area contributed by atoms with Crippen LogP contribution in [0.15, 0.2) is 24.4 Å². The van der Waals surface area contributed by atoms with Crippen LogP contribution in [0.4, 0.5) is 18.9 Å². The van der Waals surface area contributed by atoms with Crippen molar-refractivity contribution in [3.8, 4) is 11.4 Å². The number of benzene rings is 1. The number of esters is 1. The summed E-state index contributed by atoms with van der Waals surface area (Å²) in [5.74, 6) is -1.09. The fourth-order valence-corrected chi connectivity index (χ4v) is 3.28. The zero-order valence-corrected chi connectivity index (χ0v) is 17.9. The van der Waals surface area contributed by atoms with Crippen molar-refractivity contribution >= 4 is 19.7 Å². The number of methoxy groups -OCH3 is 1. The van der Waals surface area contributed by atoms with Crippen LogP contribution in [0.25, 0.3) is 11.4 Å². The highest BCUT2D eigenvalue weighted by Crippen LogP contribution is 2.35. The van der Waals surface area contributed by atoms with Crippen LogP contribution in [0.5, 0.6) is 0 Å². The standard InChI is InChI=1S/C18H22F3N3O5Si/c1-28-17(25)12-5-6-13(14(9-12)24(26)27)16-22-15(18(19,20)21)10-23(16)11-29-7-8-30(2,3)4/h5-6,9-10H,7-8,11H2,1-4H3. The fourth-order valence-electron chi connectivity index (χ4n) is 2.52. The first-order valence-electron chi connectivity index (χ1n) is 8.93. The van der Waals surface area contributed by atoms with E-state index in [-0.39, 0.29) is 23.7 Å². The highest BCUT2D eigenvalue weighted by molar-refractivity contribution is 6.76. The second-order valence-electron chi connectivity index (χ2n) is 7.75. The molecule has 12 heteroatoms. The monoisotopic (exact) mass is 445 g/mol. The number of ether oxygens (including phenoxy) is 2. The van der Waals surface area contributed by atoms with E-state index in [9.17, 15) is 28.1 Å². The number of imidazole rings is 1. The number of nitrogens with zero attached hydrogens (tertiary/aromatic N) is 3. The van der Waals surface area contributed by atoms with E-state index in [0.717, 1.165) is 30.0 Å². The summed E-state index contributed by atoms with van der Waals surface area (Å²) in [6, 6.07) is 4.15. The average molecular weight is 445 g/mol. The van der Waals surface area contributed by atoms with Gasteiger partial charge in [-0.15, -0.1) is 0 Å². The molecule has 0 fully saturated rings. The van der Waals surface area contributed by atoms with E-state index >= 15 is 0 Å². The van der Waals surface area contributed by atoms with E-state index in [4.69, 9.17) is 4.74 Å². The van der Waals surface area contributed by atoms with Gasteiger partial charge in [0.2, 0.25) is 0 Å². The molecule has 2 aromatic rings. The van der Waals surface area contributed by atoms with Crippen molar-refractivity contribution < 1.29 is 32.4 Å². The number of nitro benzene ring substituents is 1. The zero-order valence-electron chi connectivity index (χ0n) is 16.9. The molecule has 0 N–H and O–H groups in total. The molecule has 0 saturated heterocycles. The Bertz CT molecular complexity index is 938. The van der Waals surface area contributed by atoms with Crippen LogP contribution in [0, 0.1) is 10.1 Å². The summed E-state index contributed by atoms with van der Waals surface area (Å²) >= 11 is 0. The van der Waals surface area contributed by atoms with Gasteiger partial charge < -0.3 is 14.0 Å². The Labute approximate surface area is 171 Å². The first kappa shape index (κ1) is 23.5. The molecule has 0 unspecified atom stereocenters. The number of hydrogen-bond acceptors (Lipinski definition) is 6. The third-order valence-corrected chi connectivity index (χ3v) is 5.85. The molecule has 0 spiro atoms. The van der Waals surface area contributed by atoms with Gasteiger partial charge in [-0.3, -0.25) is 10.1 Å². The van der Waals surface area contributed by atoms with E-state index in [2.05, 4.69) is 29.4 Å². The summed E-state index contributed by atoms with van der Waals surface area (Å²) in [5, 5.41) is 11.5. The number of alkyl halides is 3. The molecule has 0 aliphatic carbocycles. The van der Waals surface area contributed by atoms with Crippen molar-refractivity contribution in [3.05, 3.63) is 45.8 Å². The highest BCUT2D eigenvalue weighted by Gasteiger charge is 2.36. The summed E-state index contributed by atoms with van der Waals surface area (Å²) in [7, 11) is -0.292. The van der Waals surface area contributed by atoms with Crippen LogP contribution in [0.3, 0.4) is 0 Å². The minimum absolute atomic E-state index is 0.103. The maximum Gasteiger partial charge on any atom is 0.434 e. The molecule has 30 heavy (non-hydrogen) atoms. The lowest BCUT2D eigenvalue weighted by molar-refractivity contribution is -0.384. The second-order valence-corrected chi connectivity index (χ2v) is 13.4. The third-order valence-electron chi connectivity index (χ3n) is 4.15. The van der Waals surface area contributed by atoms with Gasteiger partial charge in [0, 0.05) is 26.9 Å². The Morgan fingerprint density at radius 2 is 1.97 bits per heavy atom. The van der Waals surface area contributed by atoms with Gasteiger partial charge in [-0.05, 0) is 18.2 Å². The van der Waals surface area contributed by atoms with E-state index in [1.807, 2.05) is 0 Å². The maximum atomic E-state index is 13.2. The molecule has 0 aliphatic heterocycles. The lowest BCUT2D eigenvalue weighted by atomic mass is 10.1. The average Bonchev–Trinajstić information content (AvgIpc) is 3.07. The number of aromatic nitrogens is 2. The highest BCUT2D eigenvalue weighted by atomic mass is 28.3. The SMILES string of the molecule is COC(=O)c1ccc(-c2nc(C(F)(F)F)cn2COCC[Si](C)(C)C)c([N+](=O)[O-])c1. The molecular weight excluding hydrogens is 423 g/mol. The van der Waals surface area contributed by atoms with Crippen molar-refractivity contribution in [2.75, 3.05) is 13.7 Å². The van der Waals surface area contributed by atoms with Crippen molar-refractivity contribution in [2.45, 2.75) is 38.6 Å². The number of hydrogen-bond donors (Lipinski definition) is 0. The molecule has 0 amide bonds. The van der Waals surface area contributed by atoms with Crippen molar-refractivity contribution in [2.24, 2.45) is 0 Å². The van der Waals surface area contributed by atoms with Gasteiger partial charge in [0.05, 0.1) is 23.2 Å². The molecule has 0 radical (unpaired) electrons. The van der Waals surface area contributed by atoms with Gasteiger partial charge in [0.25, 0.3) is 5.69 Å². The normalized spacial score (nSPS) is 12.1. The quantitative estimate of drug-likeness (QED) is 0.194. The number of nitro groups is 1. The summed E-state index contributed by atoms with van der Waals surface area (Å²) < 4.78 is 50.8. The van der Waals surface area contributed by atoms with Crippen molar-refractivity contribution in [3.63, 3.8) is 0 Å². The molecule has 0 atom stereocenters. The van der Waals surface area contributed by atoms with Gasteiger partial charge >= 0.3 is 12.1 Å². The minimum atomic E-state index is -4.74. The zero-order chi connectivity index (χ0) is 22.7. The third kappa shape index (κ3) is 5.89. The Morgan fingerprint density at radius 1 is 1.30 bits per heavy atom. The van der Waals surface area contributed by atoms with Crippen LogP contribution >= 0.6 is 0 Å². The molecular formula is C18H22F3N3O5Si. The largest absolute Gasteiger partial charge is 0.465 e. The van der Waals surface area contributed by atoms with Crippen molar-refractivity contribution in [1.82, 2.24) is 9.55 Å². The van der Waals surface area contributed by atoms with Gasteiger partial charge in [-0.2, -0.15) is 13.2 Å².